The number of nitrogens with one attached hydrogen (secondary N) is 5. The van der Waals surface area contributed by atoms with Crippen molar-refractivity contribution in [3.8, 4) is 0 Å². The molecule has 1 rings (SSSR count). The zero-order valence-corrected chi connectivity index (χ0v) is 28.0. The lowest BCUT2D eigenvalue weighted by atomic mass is 9.93. The first-order valence-electron chi connectivity index (χ1n) is 15.7. The monoisotopic (exact) mass is 617 g/mol. The summed E-state index contributed by atoms with van der Waals surface area (Å²) in [4.78, 5) is 65.6. The largest absolute Gasteiger partial charge is 0.394 e. The zero-order chi connectivity index (χ0) is 33.7. The summed E-state index contributed by atoms with van der Waals surface area (Å²) >= 11 is 0. The summed E-state index contributed by atoms with van der Waals surface area (Å²) in [6.07, 6.45) is 1.60. The summed E-state index contributed by atoms with van der Waals surface area (Å²) in [5.41, 5.74) is -1.73. The van der Waals surface area contributed by atoms with Crippen molar-refractivity contribution in [3.63, 3.8) is 0 Å². The highest BCUT2D eigenvalue weighted by Crippen LogP contribution is 2.17. The van der Waals surface area contributed by atoms with E-state index in [2.05, 4.69) is 26.6 Å². The molecule has 5 amide bonds. The molecular formula is C33H55N5O6. The van der Waals surface area contributed by atoms with E-state index in [9.17, 15) is 29.1 Å². The summed E-state index contributed by atoms with van der Waals surface area (Å²) in [7, 11) is 0. The number of rotatable bonds is 18. The molecule has 44 heavy (non-hydrogen) atoms. The van der Waals surface area contributed by atoms with Gasteiger partial charge in [0, 0.05) is 6.92 Å². The Bertz CT molecular complexity index is 1110. The second-order valence-corrected chi connectivity index (χ2v) is 12.9. The van der Waals surface area contributed by atoms with Crippen molar-refractivity contribution in [1.29, 1.82) is 0 Å². The van der Waals surface area contributed by atoms with Crippen LogP contribution in [0.1, 0.15) is 93.6 Å². The molecule has 0 aliphatic heterocycles. The second kappa shape index (κ2) is 17.7. The lowest BCUT2D eigenvalue weighted by molar-refractivity contribution is -0.139. The van der Waals surface area contributed by atoms with E-state index >= 15 is 0 Å². The average Bonchev–Trinajstić information content (AvgIpc) is 2.95. The summed E-state index contributed by atoms with van der Waals surface area (Å²) in [5, 5.41) is 23.9. The molecule has 1 aromatic carbocycles. The molecule has 5 atom stereocenters. The van der Waals surface area contributed by atoms with Gasteiger partial charge in [-0.2, -0.15) is 0 Å². The number of carbonyl (C=O) groups excluding carboxylic acids is 5. The van der Waals surface area contributed by atoms with Crippen LogP contribution in [0.2, 0.25) is 0 Å². The van der Waals surface area contributed by atoms with E-state index in [1.807, 2.05) is 58.0 Å². The summed E-state index contributed by atoms with van der Waals surface area (Å²) in [5.74, 6) is -2.22. The molecule has 1 aromatic rings. The summed E-state index contributed by atoms with van der Waals surface area (Å²) in [6, 6.07) is 7.12. The number of aliphatic hydroxyl groups excluding tert-OH is 1. The highest BCUT2D eigenvalue weighted by molar-refractivity contribution is 5.98. The van der Waals surface area contributed by atoms with Gasteiger partial charge in [0.25, 0.3) is 0 Å². The normalized spacial score (nSPS) is 16.1. The van der Waals surface area contributed by atoms with Crippen molar-refractivity contribution in [2.24, 2.45) is 11.8 Å². The third-order valence-corrected chi connectivity index (χ3v) is 7.83. The standard InChI is InChI=1S/C33H55N5O6/c1-10-32(8,30(43)35-25(20-39)19-24-15-13-12-14-16-24)38-29(42)27(18-22(5)6)36-31(44)33(9,11-2)37-28(41)26(17-21(3)4)34-23(7)40/h12-16,21-22,25-27,39H,10-11,17-20H2,1-9H3,(H,34,40)(H,35,43)(H,36,44)(H,37,41)(H,38,42)/t25-,26-,27-,32-,33-/m0/s1. The van der Waals surface area contributed by atoms with Gasteiger partial charge >= 0.3 is 0 Å². The molecule has 0 saturated carbocycles. The average molecular weight is 618 g/mol. The van der Waals surface area contributed by atoms with Crippen LogP contribution in [0.3, 0.4) is 0 Å². The third kappa shape index (κ3) is 12.3. The zero-order valence-electron chi connectivity index (χ0n) is 28.0. The molecule has 0 saturated heterocycles. The predicted molar refractivity (Wildman–Crippen MR) is 171 cm³/mol. The van der Waals surface area contributed by atoms with Crippen LogP contribution in [-0.2, 0) is 30.4 Å². The van der Waals surface area contributed by atoms with Gasteiger partial charge in [0.05, 0.1) is 12.6 Å². The molecule has 0 bridgehead atoms. The van der Waals surface area contributed by atoms with Gasteiger partial charge < -0.3 is 31.7 Å². The predicted octanol–water partition coefficient (Wildman–Crippen LogP) is 2.36. The number of amides is 5. The topological polar surface area (TPSA) is 166 Å². The Hall–Kier alpha value is -3.47. The molecule has 0 spiro atoms. The minimum absolute atomic E-state index is 0.0232. The maximum absolute atomic E-state index is 13.6. The molecule has 0 aliphatic rings. The Balaban J connectivity index is 3.11. The number of hydrogen-bond acceptors (Lipinski definition) is 6. The molecule has 0 aromatic heterocycles. The Morgan fingerprint density at radius 2 is 1.16 bits per heavy atom. The molecule has 0 radical (unpaired) electrons. The first-order valence-corrected chi connectivity index (χ1v) is 15.7. The summed E-state index contributed by atoms with van der Waals surface area (Å²) < 4.78 is 0. The van der Waals surface area contributed by atoms with Gasteiger partial charge in [-0.1, -0.05) is 71.9 Å². The summed E-state index contributed by atoms with van der Waals surface area (Å²) in [6.45, 7) is 15.5. The van der Waals surface area contributed by atoms with Crippen molar-refractivity contribution in [2.75, 3.05) is 6.61 Å². The lowest BCUT2D eigenvalue weighted by Crippen LogP contribution is -2.65. The van der Waals surface area contributed by atoms with Crippen LogP contribution in [0.25, 0.3) is 0 Å². The quantitative estimate of drug-likeness (QED) is 0.148. The van der Waals surface area contributed by atoms with E-state index in [-0.39, 0.29) is 37.2 Å². The first-order chi connectivity index (χ1) is 20.5. The molecule has 248 valence electrons. The molecule has 11 nitrogen and oxygen atoms in total. The molecular weight excluding hydrogens is 562 g/mol. The van der Waals surface area contributed by atoms with Gasteiger partial charge in [0.15, 0.2) is 0 Å². The number of aliphatic hydroxyl groups is 1. The highest BCUT2D eigenvalue weighted by atomic mass is 16.3. The van der Waals surface area contributed by atoms with Crippen LogP contribution in [0, 0.1) is 11.8 Å². The van der Waals surface area contributed by atoms with Crippen LogP contribution in [0.15, 0.2) is 30.3 Å². The lowest BCUT2D eigenvalue weighted by Gasteiger charge is -2.35. The molecule has 0 unspecified atom stereocenters. The van der Waals surface area contributed by atoms with Crippen molar-refractivity contribution >= 4 is 29.5 Å². The fourth-order valence-electron chi connectivity index (χ4n) is 4.70. The fraction of sp³-hybridized carbons (Fsp3) is 0.667. The van der Waals surface area contributed by atoms with Crippen LogP contribution < -0.4 is 26.6 Å². The smallest absolute Gasteiger partial charge is 0.246 e. The van der Waals surface area contributed by atoms with E-state index in [0.29, 0.717) is 19.3 Å². The van der Waals surface area contributed by atoms with Crippen molar-refractivity contribution in [1.82, 2.24) is 26.6 Å². The SMILES string of the molecule is CC[C@](C)(NC(=O)[C@H](CC(C)C)NC(=O)[C@](C)(CC)NC(=O)[C@H](CC(C)C)NC(C)=O)C(=O)N[C@H](CO)Cc1ccccc1. The first kappa shape index (κ1) is 38.6. The van der Waals surface area contributed by atoms with E-state index in [1.54, 1.807) is 27.7 Å². The fourth-order valence-corrected chi connectivity index (χ4v) is 4.70. The van der Waals surface area contributed by atoms with Gasteiger partial charge in [0.2, 0.25) is 29.5 Å². The van der Waals surface area contributed by atoms with Crippen molar-refractivity contribution in [2.45, 2.75) is 124 Å². The number of hydrogen-bond donors (Lipinski definition) is 6. The minimum Gasteiger partial charge on any atom is -0.394 e. The minimum atomic E-state index is -1.36. The van der Waals surface area contributed by atoms with Crippen LogP contribution in [-0.4, -0.2) is 70.5 Å². The van der Waals surface area contributed by atoms with E-state index < -0.39 is 52.8 Å². The Kier molecular flexibility index (Phi) is 15.5. The van der Waals surface area contributed by atoms with Gasteiger partial charge in [-0.3, -0.25) is 24.0 Å². The van der Waals surface area contributed by atoms with Crippen LogP contribution >= 0.6 is 0 Å². The Labute approximate surface area is 263 Å². The number of benzene rings is 1. The van der Waals surface area contributed by atoms with Gasteiger partial charge in [-0.25, -0.2) is 0 Å². The molecule has 0 fully saturated rings. The molecule has 11 heteroatoms. The maximum Gasteiger partial charge on any atom is 0.246 e. The van der Waals surface area contributed by atoms with Crippen LogP contribution in [0.4, 0.5) is 0 Å². The Morgan fingerprint density at radius 3 is 1.55 bits per heavy atom. The van der Waals surface area contributed by atoms with E-state index in [4.69, 9.17) is 0 Å². The maximum atomic E-state index is 13.6. The molecule has 0 heterocycles. The van der Waals surface area contributed by atoms with Gasteiger partial charge in [0.1, 0.15) is 23.2 Å². The van der Waals surface area contributed by atoms with Crippen LogP contribution in [0.5, 0.6) is 0 Å². The van der Waals surface area contributed by atoms with Gasteiger partial charge in [-0.05, 0) is 63.4 Å². The number of carbonyl (C=O) groups is 5. The van der Waals surface area contributed by atoms with E-state index in [0.717, 1.165) is 5.56 Å². The third-order valence-electron chi connectivity index (χ3n) is 7.83. The highest BCUT2D eigenvalue weighted by Gasteiger charge is 2.40. The van der Waals surface area contributed by atoms with Crippen molar-refractivity contribution in [3.05, 3.63) is 35.9 Å². The second-order valence-electron chi connectivity index (χ2n) is 12.9. The van der Waals surface area contributed by atoms with Crippen molar-refractivity contribution < 1.29 is 29.1 Å². The molecule has 6 N–H and O–H groups in total. The van der Waals surface area contributed by atoms with E-state index in [1.165, 1.54) is 6.92 Å². The van der Waals surface area contributed by atoms with Gasteiger partial charge in [-0.15, -0.1) is 0 Å². The Morgan fingerprint density at radius 1 is 0.727 bits per heavy atom. The molecule has 0 aliphatic carbocycles.